The van der Waals surface area contributed by atoms with Crippen molar-refractivity contribution in [3.8, 4) is 16.9 Å². The Morgan fingerprint density at radius 2 is 1.32 bits per heavy atom. The third kappa shape index (κ3) is 9.60. The molecule has 170 valence electrons. The van der Waals surface area contributed by atoms with Crippen LogP contribution in [0.3, 0.4) is 0 Å². The zero-order valence-electron chi connectivity index (χ0n) is 19.5. The van der Waals surface area contributed by atoms with Gasteiger partial charge in [-0.1, -0.05) is 118 Å². The fourth-order valence-corrected chi connectivity index (χ4v) is 4.71. The van der Waals surface area contributed by atoms with Crippen molar-refractivity contribution in [2.75, 3.05) is 6.61 Å². The van der Waals surface area contributed by atoms with Crippen LogP contribution < -0.4 is 4.74 Å². The molecule has 0 aromatic heterocycles. The Morgan fingerprint density at radius 3 is 1.87 bits per heavy atom. The van der Waals surface area contributed by atoms with Crippen LogP contribution in [-0.4, -0.2) is 17.2 Å². The van der Waals surface area contributed by atoms with Gasteiger partial charge in [0.2, 0.25) is 0 Å². The molecule has 31 heavy (non-hydrogen) atoms. The second-order valence-corrected chi connectivity index (χ2v) is 9.99. The summed E-state index contributed by atoms with van der Waals surface area (Å²) in [5, 5.41) is 0. The first-order chi connectivity index (χ1) is 15.0. The quantitative estimate of drug-likeness (QED) is 0.142. The molecule has 2 rings (SSSR count). The monoisotopic (exact) mass is 486 g/mol. The standard InChI is InChI=1S/C28H39BrO2/c1-4-5-6-7-8-9-10-11-20-31-26-18-16-24(17-19-26)23-12-14-25(15-13-23)28(30)27(29)21-22(2)3/h12-19,22,27H,4-11,20-21H2,1-3H3. The number of halogens is 1. The van der Waals surface area contributed by atoms with Crippen LogP contribution >= 0.6 is 15.9 Å². The Kier molecular flexibility index (Phi) is 12.0. The number of carbonyl (C=O) groups is 1. The molecule has 0 N–H and O–H groups in total. The van der Waals surface area contributed by atoms with Gasteiger partial charge in [-0.15, -0.1) is 0 Å². The van der Waals surface area contributed by atoms with Gasteiger partial charge >= 0.3 is 0 Å². The Morgan fingerprint density at radius 1 is 0.806 bits per heavy atom. The second kappa shape index (κ2) is 14.5. The highest BCUT2D eigenvalue weighted by molar-refractivity contribution is 9.10. The summed E-state index contributed by atoms with van der Waals surface area (Å²) in [7, 11) is 0. The lowest BCUT2D eigenvalue weighted by molar-refractivity contribution is 0.0984. The molecule has 1 unspecified atom stereocenters. The largest absolute Gasteiger partial charge is 0.494 e. The predicted molar refractivity (Wildman–Crippen MR) is 136 cm³/mol. The molecule has 0 spiro atoms. The van der Waals surface area contributed by atoms with E-state index in [9.17, 15) is 4.79 Å². The molecule has 0 aliphatic heterocycles. The summed E-state index contributed by atoms with van der Waals surface area (Å²) >= 11 is 3.54. The molecule has 1 atom stereocenters. The average Bonchev–Trinajstić information content (AvgIpc) is 2.77. The zero-order valence-corrected chi connectivity index (χ0v) is 21.1. The summed E-state index contributed by atoms with van der Waals surface area (Å²) < 4.78 is 5.90. The number of ketones is 1. The molecule has 2 aromatic carbocycles. The summed E-state index contributed by atoms with van der Waals surface area (Å²) in [4.78, 5) is 12.4. The van der Waals surface area contributed by atoms with Crippen molar-refractivity contribution in [1.82, 2.24) is 0 Å². The molecule has 0 saturated carbocycles. The summed E-state index contributed by atoms with van der Waals surface area (Å²) in [6, 6.07) is 16.2. The minimum atomic E-state index is -0.115. The van der Waals surface area contributed by atoms with Crippen LogP contribution in [0.2, 0.25) is 0 Å². The molecule has 2 nitrogen and oxygen atoms in total. The van der Waals surface area contributed by atoms with E-state index in [0.29, 0.717) is 5.92 Å². The van der Waals surface area contributed by atoms with Gasteiger partial charge in [-0.2, -0.15) is 0 Å². The van der Waals surface area contributed by atoms with Gasteiger partial charge in [0.15, 0.2) is 5.78 Å². The first-order valence-corrected chi connectivity index (χ1v) is 12.9. The summed E-state index contributed by atoms with van der Waals surface area (Å²) in [6.07, 6.45) is 11.3. The maximum Gasteiger partial charge on any atom is 0.176 e. The smallest absolute Gasteiger partial charge is 0.176 e. The highest BCUT2D eigenvalue weighted by Gasteiger charge is 2.18. The Balaban J connectivity index is 1.75. The minimum absolute atomic E-state index is 0.115. The van der Waals surface area contributed by atoms with E-state index in [2.05, 4.69) is 48.8 Å². The van der Waals surface area contributed by atoms with Gasteiger partial charge in [-0.25, -0.2) is 0 Å². The molecule has 0 saturated heterocycles. The molecule has 0 aliphatic carbocycles. The average molecular weight is 488 g/mol. The SMILES string of the molecule is CCCCCCCCCCOc1ccc(-c2ccc(C(=O)C(Br)CC(C)C)cc2)cc1. The van der Waals surface area contributed by atoms with E-state index in [-0.39, 0.29) is 10.6 Å². The van der Waals surface area contributed by atoms with Crippen LogP contribution in [-0.2, 0) is 0 Å². The van der Waals surface area contributed by atoms with E-state index in [4.69, 9.17) is 4.74 Å². The highest BCUT2D eigenvalue weighted by Crippen LogP contribution is 2.25. The number of Topliss-reactive ketones (excluding diaryl/α,β-unsaturated/α-hetero) is 1. The third-order valence-electron chi connectivity index (χ3n) is 5.59. The lowest BCUT2D eigenvalue weighted by Crippen LogP contribution is -2.16. The van der Waals surface area contributed by atoms with Crippen molar-refractivity contribution in [1.29, 1.82) is 0 Å². The number of rotatable bonds is 15. The molecule has 0 amide bonds. The van der Waals surface area contributed by atoms with Gasteiger partial charge in [0, 0.05) is 5.56 Å². The normalized spacial score (nSPS) is 12.2. The molecular formula is C28H39BrO2. The summed E-state index contributed by atoms with van der Waals surface area (Å²) in [5.41, 5.74) is 3.01. The number of hydrogen-bond donors (Lipinski definition) is 0. The van der Waals surface area contributed by atoms with Crippen LogP contribution in [0.1, 0.15) is 88.9 Å². The van der Waals surface area contributed by atoms with E-state index >= 15 is 0 Å². The van der Waals surface area contributed by atoms with E-state index in [1.807, 2.05) is 36.4 Å². The Labute approximate surface area is 197 Å². The van der Waals surface area contributed by atoms with Crippen LogP contribution in [0, 0.1) is 5.92 Å². The topological polar surface area (TPSA) is 26.3 Å². The van der Waals surface area contributed by atoms with Gasteiger partial charge in [0.05, 0.1) is 11.4 Å². The Bertz CT molecular complexity index is 750. The Hall–Kier alpha value is -1.61. The van der Waals surface area contributed by atoms with Gasteiger partial charge in [0.25, 0.3) is 0 Å². The van der Waals surface area contributed by atoms with Crippen molar-refractivity contribution in [3.63, 3.8) is 0 Å². The van der Waals surface area contributed by atoms with Gasteiger partial charge in [0.1, 0.15) is 5.75 Å². The molecule has 0 aliphatic rings. The van der Waals surface area contributed by atoms with Crippen molar-refractivity contribution in [2.45, 2.75) is 83.4 Å². The second-order valence-electron chi connectivity index (χ2n) is 8.89. The van der Waals surface area contributed by atoms with E-state index in [1.54, 1.807) is 0 Å². The fraction of sp³-hybridized carbons (Fsp3) is 0.536. The lowest BCUT2D eigenvalue weighted by atomic mass is 9.98. The molecule has 3 heteroatoms. The maximum absolute atomic E-state index is 12.5. The fourth-order valence-electron chi connectivity index (χ4n) is 3.70. The van der Waals surface area contributed by atoms with Crippen LogP contribution in [0.4, 0.5) is 0 Å². The molecule has 2 aromatic rings. The van der Waals surface area contributed by atoms with Crippen molar-refractivity contribution in [2.24, 2.45) is 5.92 Å². The van der Waals surface area contributed by atoms with Crippen LogP contribution in [0.5, 0.6) is 5.75 Å². The third-order valence-corrected chi connectivity index (χ3v) is 6.38. The lowest BCUT2D eigenvalue weighted by Gasteiger charge is -2.12. The number of alkyl halides is 1. The molecule has 0 heterocycles. The first kappa shape index (κ1) is 25.6. The summed E-state index contributed by atoms with van der Waals surface area (Å²) in [6.45, 7) is 7.31. The molecular weight excluding hydrogens is 448 g/mol. The summed E-state index contributed by atoms with van der Waals surface area (Å²) in [5.74, 6) is 1.57. The van der Waals surface area contributed by atoms with Crippen molar-refractivity contribution >= 4 is 21.7 Å². The number of ether oxygens (including phenoxy) is 1. The first-order valence-electron chi connectivity index (χ1n) is 12.0. The van der Waals surface area contributed by atoms with Crippen molar-refractivity contribution in [3.05, 3.63) is 54.1 Å². The van der Waals surface area contributed by atoms with Gasteiger partial charge < -0.3 is 4.74 Å². The van der Waals surface area contributed by atoms with E-state index in [0.717, 1.165) is 41.9 Å². The number of unbranched alkanes of at least 4 members (excludes halogenated alkanes) is 7. The van der Waals surface area contributed by atoms with Crippen LogP contribution in [0.15, 0.2) is 48.5 Å². The number of hydrogen-bond acceptors (Lipinski definition) is 2. The number of benzene rings is 2. The molecule has 0 bridgehead atoms. The number of carbonyl (C=O) groups excluding carboxylic acids is 1. The molecule has 0 fully saturated rings. The minimum Gasteiger partial charge on any atom is -0.494 e. The van der Waals surface area contributed by atoms with E-state index < -0.39 is 0 Å². The zero-order chi connectivity index (χ0) is 22.5. The van der Waals surface area contributed by atoms with E-state index in [1.165, 1.54) is 44.9 Å². The van der Waals surface area contributed by atoms with Gasteiger partial charge in [-0.3, -0.25) is 4.79 Å². The maximum atomic E-state index is 12.5. The van der Waals surface area contributed by atoms with Crippen LogP contribution in [0.25, 0.3) is 11.1 Å². The highest BCUT2D eigenvalue weighted by atomic mass is 79.9. The predicted octanol–water partition coefficient (Wildman–Crippen LogP) is 8.87. The molecule has 0 radical (unpaired) electrons. The van der Waals surface area contributed by atoms with Crippen molar-refractivity contribution < 1.29 is 9.53 Å². The van der Waals surface area contributed by atoms with Gasteiger partial charge in [-0.05, 0) is 42.0 Å².